The normalized spacial score (nSPS) is 9.93. The molecule has 76 valence electrons. The van der Waals surface area contributed by atoms with E-state index in [2.05, 4.69) is 25.5 Å². The molecule has 15 heavy (non-hydrogen) atoms. The van der Waals surface area contributed by atoms with Crippen molar-refractivity contribution in [1.82, 2.24) is 20.2 Å². The highest BCUT2D eigenvalue weighted by atomic mass is 16.2. The number of nitrogens with one attached hydrogen (secondary N) is 2. The second-order valence-electron chi connectivity index (χ2n) is 2.95. The van der Waals surface area contributed by atoms with Crippen LogP contribution in [0.3, 0.4) is 0 Å². The van der Waals surface area contributed by atoms with Crippen molar-refractivity contribution in [2.24, 2.45) is 0 Å². The Hall–Kier alpha value is -2.24. The highest BCUT2D eigenvalue weighted by molar-refractivity contribution is 6.01. The largest absolute Gasteiger partial charge is 0.289 e. The van der Waals surface area contributed by atoms with Gasteiger partial charge in [0.1, 0.15) is 12.0 Å². The zero-order chi connectivity index (χ0) is 10.7. The van der Waals surface area contributed by atoms with E-state index in [1.54, 1.807) is 12.1 Å². The zero-order valence-corrected chi connectivity index (χ0v) is 8.06. The minimum atomic E-state index is -0.310. The average molecular weight is 203 g/mol. The zero-order valence-electron chi connectivity index (χ0n) is 8.06. The molecular formula is C9H9N5O. The van der Waals surface area contributed by atoms with Crippen LogP contribution in [0.2, 0.25) is 0 Å². The Labute approximate surface area is 85.8 Å². The highest BCUT2D eigenvalue weighted by Gasteiger charge is 2.08. The number of pyridine rings is 1. The van der Waals surface area contributed by atoms with Crippen LogP contribution in [0, 0.1) is 6.92 Å². The summed E-state index contributed by atoms with van der Waals surface area (Å²) in [5.41, 5.74) is 1.15. The average Bonchev–Trinajstić information content (AvgIpc) is 2.70. The summed E-state index contributed by atoms with van der Waals surface area (Å²) in [4.78, 5) is 19.5. The van der Waals surface area contributed by atoms with Crippen molar-refractivity contribution >= 4 is 11.9 Å². The lowest BCUT2D eigenvalue weighted by molar-refractivity contribution is 0.102. The molecule has 2 rings (SSSR count). The summed E-state index contributed by atoms with van der Waals surface area (Å²) in [6, 6.07) is 5.24. The minimum Gasteiger partial charge on any atom is -0.289 e. The minimum absolute atomic E-state index is 0.309. The Morgan fingerprint density at radius 2 is 2.33 bits per heavy atom. The van der Waals surface area contributed by atoms with Crippen molar-refractivity contribution < 1.29 is 4.79 Å². The van der Waals surface area contributed by atoms with Crippen LogP contribution >= 0.6 is 0 Å². The van der Waals surface area contributed by atoms with Gasteiger partial charge in [0.15, 0.2) is 0 Å². The lowest BCUT2D eigenvalue weighted by Crippen LogP contribution is -2.14. The maximum atomic E-state index is 11.6. The topological polar surface area (TPSA) is 83.6 Å². The lowest BCUT2D eigenvalue weighted by Gasteiger charge is -2.00. The predicted octanol–water partition coefficient (Wildman–Crippen LogP) is 0.760. The van der Waals surface area contributed by atoms with Crippen LogP contribution in [0.5, 0.6) is 0 Å². The van der Waals surface area contributed by atoms with Gasteiger partial charge in [-0.25, -0.2) is 10.1 Å². The molecule has 0 radical (unpaired) electrons. The summed E-state index contributed by atoms with van der Waals surface area (Å²) in [6.45, 7) is 1.82. The molecule has 0 fully saturated rings. The molecule has 0 aliphatic rings. The molecule has 0 saturated carbocycles. The van der Waals surface area contributed by atoms with Crippen LogP contribution < -0.4 is 5.32 Å². The number of aromatic nitrogens is 4. The SMILES string of the molecule is Cc1cccc(C(=O)Nc2ncn[nH]2)n1. The quantitative estimate of drug-likeness (QED) is 0.754. The van der Waals surface area contributed by atoms with Gasteiger partial charge in [0.25, 0.3) is 5.91 Å². The third kappa shape index (κ3) is 2.16. The molecule has 0 aliphatic heterocycles. The number of carbonyl (C=O) groups is 1. The van der Waals surface area contributed by atoms with Gasteiger partial charge in [0.05, 0.1) is 0 Å². The Morgan fingerprint density at radius 3 is 3.00 bits per heavy atom. The first-order valence-corrected chi connectivity index (χ1v) is 4.36. The molecule has 0 unspecified atom stereocenters. The first-order valence-electron chi connectivity index (χ1n) is 4.36. The van der Waals surface area contributed by atoms with E-state index < -0.39 is 0 Å². The van der Waals surface area contributed by atoms with Crippen LogP contribution in [0.15, 0.2) is 24.5 Å². The van der Waals surface area contributed by atoms with Crippen molar-refractivity contribution in [2.75, 3.05) is 5.32 Å². The van der Waals surface area contributed by atoms with E-state index in [0.717, 1.165) is 5.69 Å². The van der Waals surface area contributed by atoms with Crippen molar-refractivity contribution in [1.29, 1.82) is 0 Å². The summed E-state index contributed by atoms with van der Waals surface area (Å²) < 4.78 is 0. The molecule has 2 aromatic heterocycles. The number of aromatic amines is 1. The van der Waals surface area contributed by atoms with Crippen LogP contribution in [-0.4, -0.2) is 26.1 Å². The van der Waals surface area contributed by atoms with Crippen LogP contribution in [-0.2, 0) is 0 Å². The van der Waals surface area contributed by atoms with Gasteiger partial charge in [0, 0.05) is 5.69 Å². The van der Waals surface area contributed by atoms with E-state index in [9.17, 15) is 4.79 Å². The first kappa shape index (κ1) is 9.32. The first-order chi connectivity index (χ1) is 7.25. The van der Waals surface area contributed by atoms with E-state index >= 15 is 0 Å². The van der Waals surface area contributed by atoms with Crippen molar-refractivity contribution in [3.05, 3.63) is 35.9 Å². The van der Waals surface area contributed by atoms with E-state index in [1.165, 1.54) is 6.33 Å². The molecule has 0 spiro atoms. The smallest absolute Gasteiger partial charge is 0.276 e. The number of amides is 1. The Bertz CT molecular complexity index is 465. The van der Waals surface area contributed by atoms with Gasteiger partial charge in [0.2, 0.25) is 5.95 Å². The number of hydrogen-bond donors (Lipinski definition) is 2. The number of anilines is 1. The second kappa shape index (κ2) is 3.87. The standard InChI is InChI=1S/C9H9N5O/c1-6-3-2-4-7(12-6)8(15)13-9-10-5-11-14-9/h2-5H,1H3,(H2,10,11,13,14,15). The van der Waals surface area contributed by atoms with Crippen LogP contribution in [0.25, 0.3) is 0 Å². The van der Waals surface area contributed by atoms with E-state index in [0.29, 0.717) is 11.6 Å². The number of rotatable bonds is 2. The third-order valence-electron chi connectivity index (χ3n) is 1.77. The Kier molecular flexibility index (Phi) is 2.40. The van der Waals surface area contributed by atoms with Gasteiger partial charge < -0.3 is 0 Å². The second-order valence-corrected chi connectivity index (χ2v) is 2.95. The molecule has 6 nitrogen and oxygen atoms in total. The van der Waals surface area contributed by atoms with E-state index in [-0.39, 0.29) is 5.91 Å². The summed E-state index contributed by atoms with van der Waals surface area (Å²) in [7, 11) is 0. The fourth-order valence-electron chi connectivity index (χ4n) is 1.11. The molecule has 1 amide bonds. The summed E-state index contributed by atoms with van der Waals surface area (Å²) >= 11 is 0. The monoisotopic (exact) mass is 203 g/mol. The molecule has 2 aromatic rings. The molecule has 0 aliphatic carbocycles. The maximum absolute atomic E-state index is 11.6. The molecule has 2 heterocycles. The van der Waals surface area contributed by atoms with Crippen molar-refractivity contribution in [2.45, 2.75) is 6.92 Å². The molecule has 0 bridgehead atoms. The molecule has 0 saturated heterocycles. The highest BCUT2D eigenvalue weighted by Crippen LogP contribution is 2.01. The number of nitrogens with zero attached hydrogens (tertiary/aromatic N) is 3. The van der Waals surface area contributed by atoms with Gasteiger partial charge >= 0.3 is 0 Å². The third-order valence-corrected chi connectivity index (χ3v) is 1.77. The fourth-order valence-corrected chi connectivity index (χ4v) is 1.11. The van der Waals surface area contributed by atoms with Gasteiger partial charge in [-0.3, -0.25) is 10.1 Å². The summed E-state index contributed by atoms with van der Waals surface area (Å²) in [5, 5.41) is 8.68. The van der Waals surface area contributed by atoms with Crippen molar-refractivity contribution in [3.63, 3.8) is 0 Å². The molecule has 0 atom stereocenters. The van der Waals surface area contributed by atoms with Gasteiger partial charge in [-0.2, -0.15) is 10.1 Å². The molecule has 6 heteroatoms. The number of carbonyl (C=O) groups excluding carboxylic acids is 1. The fraction of sp³-hybridized carbons (Fsp3) is 0.111. The van der Waals surface area contributed by atoms with E-state index in [1.807, 2.05) is 13.0 Å². The number of hydrogen-bond acceptors (Lipinski definition) is 4. The van der Waals surface area contributed by atoms with Crippen molar-refractivity contribution in [3.8, 4) is 0 Å². The predicted molar refractivity (Wildman–Crippen MR) is 53.3 cm³/mol. The maximum Gasteiger partial charge on any atom is 0.276 e. The number of aryl methyl sites for hydroxylation is 1. The molecular weight excluding hydrogens is 194 g/mol. The molecule has 2 N–H and O–H groups in total. The van der Waals surface area contributed by atoms with Crippen LogP contribution in [0.1, 0.15) is 16.2 Å². The van der Waals surface area contributed by atoms with Gasteiger partial charge in [-0.05, 0) is 19.1 Å². The summed E-state index contributed by atoms with van der Waals surface area (Å²) in [5.74, 6) is -0.00115. The lowest BCUT2D eigenvalue weighted by atomic mass is 10.3. The van der Waals surface area contributed by atoms with Crippen LogP contribution in [0.4, 0.5) is 5.95 Å². The van der Waals surface area contributed by atoms with E-state index in [4.69, 9.17) is 0 Å². The number of H-pyrrole nitrogens is 1. The summed E-state index contributed by atoms with van der Waals surface area (Å²) in [6.07, 6.45) is 1.32. The Morgan fingerprint density at radius 1 is 1.47 bits per heavy atom. The molecule has 0 aromatic carbocycles. The van der Waals surface area contributed by atoms with Gasteiger partial charge in [-0.15, -0.1) is 0 Å². The van der Waals surface area contributed by atoms with Gasteiger partial charge in [-0.1, -0.05) is 6.07 Å². The Balaban J connectivity index is 2.15.